The number of carbonyl (C=O) groups is 1. The van der Waals surface area contributed by atoms with Crippen molar-refractivity contribution < 1.29 is 19.4 Å². The van der Waals surface area contributed by atoms with E-state index in [1.165, 1.54) is 6.08 Å². The molecule has 1 aromatic rings. The molecule has 5 nitrogen and oxygen atoms in total. The summed E-state index contributed by atoms with van der Waals surface area (Å²) in [5, 5.41) is 11.7. The number of benzene rings is 1. The molecular formula is C19H23NO4. The lowest BCUT2D eigenvalue weighted by Crippen LogP contribution is -2.70. The number of rotatable bonds is 3. The van der Waals surface area contributed by atoms with Gasteiger partial charge in [-0.2, -0.15) is 0 Å². The van der Waals surface area contributed by atoms with E-state index in [2.05, 4.69) is 11.8 Å². The molecule has 0 saturated heterocycles. The van der Waals surface area contributed by atoms with Crippen molar-refractivity contribution in [3.8, 4) is 11.5 Å². The Labute approximate surface area is 141 Å². The van der Waals surface area contributed by atoms with Crippen molar-refractivity contribution in [3.05, 3.63) is 35.4 Å². The predicted octanol–water partition coefficient (Wildman–Crippen LogP) is 1.46. The summed E-state index contributed by atoms with van der Waals surface area (Å²) in [6.45, 7) is 4.83. The highest BCUT2D eigenvalue weighted by molar-refractivity contribution is 5.98. The Morgan fingerprint density at radius 1 is 1.46 bits per heavy atom. The van der Waals surface area contributed by atoms with E-state index in [1.807, 2.05) is 26.1 Å². The van der Waals surface area contributed by atoms with Crippen LogP contribution in [0.5, 0.6) is 11.5 Å². The summed E-state index contributed by atoms with van der Waals surface area (Å²) in [4.78, 5) is 14.7. The summed E-state index contributed by atoms with van der Waals surface area (Å²) in [6.07, 6.45) is 3.15. The number of hydrogen-bond acceptors (Lipinski definition) is 5. The molecule has 1 aromatic carbocycles. The molecule has 1 N–H and O–H groups in total. The first-order chi connectivity index (χ1) is 11.4. The molecule has 3 aliphatic rings. The smallest absolute Gasteiger partial charge is 0.196 e. The van der Waals surface area contributed by atoms with E-state index in [4.69, 9.17) is 9.47 Å². The Bertz CT molecular complexity index is 758. The van der Waals surface area contributed by atoms with Crippen LogP contribution in [0.25, 0.3) is 0 Å². The number of hydrogen-bond donors (Lipinski definition) is 1. The van der Waals surface area contributed by atoms with Gasteiger partial charge in [0.1, 0.15) is 5.60 Å². The topological polar surface area (TPSA) is 59.0 Å². The third-order valence-corrected chi connectivity index (χ3v) is 6.25. The quantitative estimate of drug-likeness (QED) is 0.910. The van der Waals surface area contributed by atoms with Gasteiger partial charge < -0.3 is 19.5 Å². The van der Waals surface area contributed by atoms with Crippen LogP contribution in [0.3, 0.4) is 0 Å². The second-order valence-electron chi connectivity index (χ2n) is 7.19. The summed E-state index contributed by atoms with van der Waals surface area (Å²) >= 11 is 0. The highest BCUT2D eigenvalue weighted by Crippen LogP contribution is 2.60. The zero-order chi connectivity index (χ0) is 17.3. The van der Waals surface area contributed by atoms with Gasteiger partial charge in [0, 0.05) is 11.6 Å². The van der Waals surface area contributed by atoms with Gasteiger partial charge in [-0.1, -0.05) is 13.0 Å². The number of ketones is 1. The molecular weight excluding hydrogens is 306 g/mol. The van der Waals surface area contributed by atoms with Crippen LogP contribution in [-0.2, 0) is 16.6 Å². The van der Waals surface area contributed by atoms with E-state index >= 15 is 0 Å². The second-order valence-corrected chi connectivity index (χ2v) is 7.19. The minimum absolute atomic E-state index is 0.105. The van der Waals surface area contributed by atoms with Crippen molar-refractivity contribution in [2.75, 3.05) is 20.7 Å². The van der Waals surface area contributed by atoms with Crippen LogP contribution >= 0.6 is 0 Å². The summed E-state index contributed by atoms with van der Waals surface area (Å²) in [5.74, 6) is 1.11. The second kappa shape index (κ2) is 4.83. The van der Waals surface area contributed by atoms with Crippen LogP contribution in [0.2, 0.25) is 0 Å². The summed E-state index contributed by atoms with van der Waals surface area (Å²) in [7, 11) is 3.60. The highest BCUT2D eigenvalue weighted by Gasteiger charge is 2.67. The number of methoxy groups -OCH3 is 1. The van der Waals surface area contributed by atoms with Crippen LogP contribution in [-0.4, -0.2) is 54.2 Å². The molecule has 128 valence electrons. The van der Waals surface area contributed by atoms with Crippen LogP contribution < -0.4 is 9.47 Å². The first-order valence-electron chi connectivity index (χ1n) is 8.41. The lowest BCUT2D eigenvalue weighted by molar-refractivity contribution is -0.137. The van der Waals surface area contributed by atoms with Gasteiger partial charge in [0.15, 0.2) is 23.4 Å². The molecule has 5 heteroatoms. The maximum Gasteiger partial charge on any atom is 0.196 e. The maximum absolute atomic E-state index is 12.5. The lowest BCUT2D eigenvalue weighted by atomic mass is 9.55. The fourth-order valence-corrected chi connectivity index (χ4v) is 4.74. The van der Waals surface area contributed by atoms with E-state index in [0.29, 0.717) is 17.9 Å². The number of likely N-dealkylation sites (N-methyl/N-ethyl adjacent to an activating group) is 1. The molecule has 24 heavy (non-hydrogen) atoms. The minimum atomic E-state index is -1.17. The van der Waals surface area contributed by atoms with Gasteiger partial charge in [0.25, 0.3) is 0 Å². The minimum Gasteiger partial charge on any atom is -0.493 e. The zero-order valence-electron chi connectivity index (χ0n) is 14.5. The number of nitrogens with zero attached hydrogens (tertiary/aromatic N) is 1. The Balaban J connectivity index is 2.03. The molecule has 0 fully saturated rings. The maximum atomic E-state index is 12.5. The van der Waals surface area contributed by atoms with Gasteiger partial charge in [-0.05, 0) is 50.7 Å². The van der Waals surface area contributed by atoms with Crippen molar-refractivity contribution >= 4 is 5.78 Å². The van der Waals surface area contributed by atoms with Crippen molar-refractivity contribution in [1.29, 1.82) is 0 Å². The predicted molar refractivity (Wildman–Crippen MR) is 89.7 cm³/mol. The molecule has 2 aliphatic carbocycles. The molecule has 0 spiro atoms. The molecule has 0 bridgehead atoms. The van der Waals surface area contributed by atoms with Crippen molar-refractivity contribution in [2.45, 2.75) is 43.4 Å². The average Bonchev–Trinajstić information content (AvgIpc) is 2.91. The van der Waals surface area contributed by atoms with E-state index in [-0.39, 0.29) is 11.8 Å². The molecule has 4 rings (SSSR count). The Kier molecular flexibility index (Phi) is 3.15. The summed E-state index contributed by atoms with van der Waals surface area (Å²) in [6, 6.07) is 3.81. The molecule has 0 aromatic heterocycles. The van der Waals surface area contributed by atoms with E-state index in [9.17, 15) is 9.90 Å². The molecule has 1 aliphatic heterocycles. The van der Waals surface area contributed by atoms with Crippen LogP contribution in [0, 0.1) is 0 Å². The molecule has 0 unspecified atom stereocenters. The molecule has 0 amide bonds. The largest absolute Gasteiger partial charge is 0.493 e. The SMILES string of the molecule is CCN(C)[C@@H]1Cc2ccc(OC)c3c2[C@@]2(C)[C@@H](O3)C(=O)C=C[C@@]12O. The Morgan fingerprint density at radius 3 is 2.88 bits per heavy atom. The number of carbonyl (C=O) groups excluding carboxylic acids is 1. The fourth-order valence-electron chi connectivity index (χ4n) is 4.74. The van der Waals surface area contributed by atoms with Crippen molar-refractivity contribution in [2.24, 2.45) is 0 Å². The number of ether oxygens (including phenoxy) is 2. The summed E-state index contributed by atoms with van der Waals surface area (Å²) in [5.41, 5.74) is 0.0624. The van der Waals surface area contributed by atoms with Gasteiger partial charge in [-0.25, -0.2) is 0 Å². The van der Waals surface area contributed by atoms with E-state index < -0.39 is 17.1 Å². The van der Waals surface area contributed by atoms with Crippen LogP contribution in [0.4, 0.5) is 0 Å². The monoisotopic (exact) mass is 329 g/mol. The average molecular weight is 329 g/mol. The van der Waals surface area contributed by atoms with Gasteiger partial charge in [0.2, 0.25) is 0 Å². The first-order valence-corrected chi connectivity index (χ1v) is 8.41. The normalized spacial score (nSPS) is 35.8. The lowest BCUT2D eigenvalue weighted by Gasteiger charge is -2.54. The van der Waals surface area contributed by atoms with Gasteiger partial charge in [0.05, 0.1) is 12.5 Å². The highest BCUT2D eigenvalue weighted by atomic mass is 16.5. The Hall–Kier alpha value is -1.85. The molecule has 1 heterocycles. The van der Waals surface area contributed by atoms with Gasteiger partial charge >= 0.3 is 0 Å². The molecule has 4 atom stereocenters. The Morgan fingerprint density at radius 2 is 2.21 bits per heavy atom. The zero-order valence-corrected chi connectivity index (χ0v) is 14.5. The van der Waals surface area contributed by atoms with Crippen molar-refractivity contribution in [3.63, 3.8) is 0 Å². The number of aliphatic hydroxyl groups is 1. The van der Waals surface area contributed by atoms with Crippen molar-refractivity contribution in [1.82, 2.24) is 4.90 Å². The van der Waals surface area contributed by atoms with Gasteiger partial charge in [-0.15, -0.1) is 0 Å². The van der Waals surface area contributed by atoms with E-state index in [0.717, 1.165) is 17.7 Å². The van der Waals surface area contributed by atoms with Gasteiger partial charge in [-0.3, -0.25) is 4.79 Å². The van der Waals surface area contributed by atoms with Crippen LogP contribution in [0.15, 0.2) is 24.3 Å². The molecule has 0 saturated carbocycles. The molecule has 0 radical (unpaired) electrons. The fraction of sp³-hybridized carbons (Fsp3) is 0.526. The van der Waals surface area contributed by atoms with Crippen LogP contribution in [0.1, 0.15) is 25.0 Å². The summed E-state index contributed by atoms with van der Waals surface area (Å²) < 4.78 is 11.5. The first kappa shape index (κ1) is 15.7. The van der Waals surface area contributed by atoms with E-state index in [1.54, 1.807) is 13.2 Å². The third kappa shape index (κ3) is 1.59. The third-order valence-electron chi connectivity index (χ3n) is 6.25. The standard InChI is InChI=1S/C19H23NO4/c1-5-20(3)14-10-11-6-7-13(23-4)16-15(11)18(2)17(24-16)12(21)8-9-19(14,18)22/h6-9,14,17,22H,5,10H2,1-4H3/t14-,17+,18+,19-/m1/s1.